The van der Waals surface area contributed by atoms with E-state index < -0.39 is 5.82 Å². The summed E-state index contributed by atoms with van der Waals surface area (Å²) in [5, 5.41) is 2.75. The molecule has 0 saturated heterocycles. The average Bonchev–Trinajstić information content (AvgIpc) is 2.41. The van der Waals surface area contributed by atoms with Crippen LogP contribution >= 0.6 is 31.9 Å². The Kier molecular flexibility index (Phi) is 4.71. The Morgan fingerprint density at radius 1 is 1.11 bits per heavy atom. The number of benzene rings is 2. The van der Waals surface area contributed by atoms with Gasteiger partial charge in [0, 0.05) is 11.0 Å². The highest BCUT2D eigenvalue weighted by Gasteiger charge is 2.12. The van der Waals surface area contributed by atoms with E-state index in [1.54, 1.807) is 6.07 Å². The maximum atomic E-state index is 13.3. The molecule has 0 bridgehead atoms. The largest absolute Gasteiger partial charge is 0.348 e. The second-order valence-electron chi connectivity index (χ2n) is 3.91. The quantitative estimate of drug-likeness (QED) is 0.837. The SMILES string of the molecule is O=C(NCc1ccc(Br)cc1)c1cccc(F)c1Br. The highest BCUT2D eigenvalue weighted by Crippen LogP contribution is 2.20. The summed E-state index contributed by atoms with van der Waals surface area (Å²) in [6, 6.07) is 12.0. The van der Waals surface area contributed by atoms with Crippen LogP contribution < -0.4 is 5.32 Å². The van der Waals surface area contributed by atoms with E-state index in [1.807, 2.05) is 24.3 Å². The van der Waals surface area contributed by atoms with Crippen molar-refractivity contribution in [2.75, 3.05) is 0 Å². The zero-order valence-electron chi connectivity index (χ0n) is 9.79. The predicted octanol–water partition coefficient (Wildman–Crippen LogP) is 4.28. The molecule has 0 heterocycles. The number of nitrogens with one attached hydrogen (secondary N) is 1. The third-order valence-electron chi connectivity index (χ3n) is 2.56. The normalized spacial score (nSPS) is 10.3. The van der Waals surface area contributed by atoms with Crippen LogP contribution in [-0.2, 0) is 6.54 Å². The Morgan fingerprint density at radius 3 is 2.47 bits per heavy atom. The van der Waals surface area contributed by atoms with Gasteiger partial charge in [-0.1, -0.05) is 34.1 Å². The van der Waals surface area contributed by atoms with Gasteiger partial charge in [-0.3, -0.25) is 4.79 Å². The van der Waals surface area contributed by atoms with Gasteiger partial charge >= 0.3 is 0 Å². The Morgan fingerprint density at radius 2 is 1.79 bits per heavy atom. The minimum absolute atomic E-state index is 0.184. The van der Waals surface area contributed by atoms with E-state index in [-0.39, 0.29) is 15.9 Å². The lowest BCUT2D eigenvalue weighted by Crippen LogP contribution is -2.23. The van der Waals surface area contributed by atoms with Crippen LogP contribution in [0.4, 0.5) is 4.39 Å². The monoisotopic (exact) mass is 385 g/mol. The first kappa shape index (κ1) is 14.2. The van der Waals surface area contributed by atoms with Crippen LogP contribution in [0.25, 0.3) is 0 Å². The Labute approximate surface area is 127 Å². The van der Waals surface area contributed by atoms with Crippen LogP contribution in [0.5, 0.6) is 0 Å². The van der Waals surface area contributed by atoms with Gasteiger partial charge < -0.3 is 5.32 Å². The predicted molar refractivity (Wildman–Crippen MR) is 79.4 cm³/mol. The van der Waals surface area contributed by atoms with Crippen LogP contribution in [0.2, 0.25) is 0 Å². The summed E-state index contributed by atoms with van der Waals surface area (Å²) in [5.74, 6) is -0.759. The Hall–Kier alpha value is -1.20. The molecule has 19 heavy (non-hydrogen) atoms. The lowest BCUT2D eigenvalue weighted by atomic mass is 10.2. The molecule has 1 N–H and O–H groups in total. The van der Waals surface area contributed by atoms with Crippen molar-refractivity contribution in [3.63, 3.8) is 0 Å². The van der Waals surface area contributed by atoms with Crippen molar-refractivity contribution in [2.24, 2.45) is 0 Å². The molecule has 2 rings (SSSR count). The lowest BCUT2D eigenvalue weighted by Gasteiger charge is -2.07. The van der Waals surface area contributed by atoms with Crippen LogP contribution in [-0.4, -0.2) is 5.91 Å². The lowest BCUT2D eigenvalue weighted by molar-refractivity contribution is 0.0949. The van der Waals surface area contributed by atoms with Crippen molar-refractivity contribution in [1.82, 2.24) is 5.32 Å². The van der Waals surface area contributed by atoms with E-state index in [4.69, 9.17) is 0 Å². The second kappa shape index (κ2) is 6.30. The Balaban J connectivity index is 2.05. The summed E-state index contributed by atoms with van der Waals surface area (Å²) < 4.78 is 14.5. The van der Waals surface area contributed by atoms with Crippen molar-refractivity contribution < 1.29 is 9.18 Å². The summed E-state index contributed by atoms with van der Waals surface area (Å²) in [6.07, 6.45) is 0. The second-order valence-corrected chi connectivity index (χ2v) is 5.62. The minimum Gasteiger partial charge on any atom is -0.348 e. The molecule has 0 aliphatic heterocycles. The van der Waals surface area contributed by atoms with Crippen LogP contribution in [0.3, 0.4) is 0 Å². The molecule has 2 aromatic carbocycles. The minimum atomic E-state index is -0.448. The molecule has 0 aromatic heterocycles. The maximum absolute atomic E-state index is 13.3. The van der Waals surface area contributed by atoms with Crippen molar-refractivity contribution in [3.8, 4) is 0 Å². The molecule has 0 unspecified atom stereocenters. The van der Waals surface area contributed by atoms with Gasteiger partial charge in [0.15, 0.2) is 0 Å². The van der Waals surface area contributed by atoms with Gasteiger partial charge in [-0.2, -0.15) is 0 Å². The molecule has 0 aliphatic carbocycles. The van der Waals surface area contributed by atoms with Gasteiger partial charge in [-0.25, -0.2) is 4.39 Å². The van der Waals surface area contributed by atoms with Gasteiger partial charge in [0.1, 0.15) is 5.82 Å². The number of halogens is 3. The first-order valence-corrected chi connectivity index (χ1v) is 7.13. The molecule has 0 saturated carbocycles. The molecule has 5 heteroatoms. The number of amides is 1. The number of carbonyl (C=O) groups excluding carboxylic acids is 1. The van der Waals surface area contributed by atoms with Gasteiger partial charge in [0.05, 0.1) is 10.0 Å². The molecule has 98 valence electrons. The summed E-state index contributed by atoms with van der Waals surface area (Å²) in [4.78, 5) is 11.9. The molecule has 0 spiro atoms. The molecular weight excluding hydrogens is 377 g/mol. The first-order chi connectivity index (χ1) is 9.08. The van der Waals surface area contributed by atoms with Crippen molar-refractivity contribution in [1.29, 1.82) is 0 Å². The highest BCUT2D eigenvalue weighted by atomic mass is 79.9. The number of rotatable bonds is 3. The van der Waals surface area contributed by atoms with E-state index in [1.165, 1.54) is 12.1 Å². The van der Waals surface area contributed by atoms with Crippen LogP contribution in [0.1, 0.15) is 15.9 Å². The van der Waals surface area contributed by atoms with E-state index in [0.717, 1.165) is 10.0 Å². The molecular formula is C14H10Br2FNO. The fourth-order valence-corrected chi connectivity index (χ4v) is 2.27. The fraction of sp³-hybridized carbons (Fsp3) is 0.0714. The van der Waals surface area contributed by atoms with E-state index >= 15 is 0 Å². The summed E-state index contributed by atoms with van der Waals surface area (Å²) in [5.41, 5.74) is 1.26. The molecule has 0 radical (unpaired) electrons. The standard InChI is InChI=1S/C14H10Br2FNO/c15-10-6-4-9(5-7-10)8-18-14(19)11-2-1-3-12(17)13(11)16/h1-7H,8H2,(H,18,19). The summed E-state index contributed by atoms with van der Waals surface area (Å²) in [7, 11) is 0. The zero-order chi connectivity index (χ0) is 13.8. The van der Waals surface area contributed by atoms with Gasteiger partial charge in [0.25, 0.3) is 5.91 Å². The van der Waals surface area contributed by atoms with E-state index in [0.29, 0.717) is 6.54 Å². The van der Waals surface area contributed by atoms with E-state index in [9.17, 15) is 9.18 Å². The maximum Gasteiger partial charge on any atom is 0.252 e. The summed E-state index contributed by atoms with van der Waals surface area (Å²) in [6.45, 7) is 0.398. The van der Waals surface area contributed by atoms with Crippen molar-refractivity contribution >= 4 is 37.8 Å². The number of carbonyl (C=O) groups is 1. The summed E-state index contributed by atoms with van der Waals surface area (Å²) >= 11 is 6.42. The smallest absolute Gasteiger partial charge is 0.252 e. The number of hydrogen-bond donors (Lipinski definition) is 1. The Bertz CT molecular complexity index is 599. The molecule has 0 aliphatic rings. The van der Waals surface area contributed by atoms with Crippen LogP contribution in [0.15, 0.2) is 51.4 Å². The average molecular weight is 387 g/mol. The van der Waals surface area contributed by atoms with E-state index in [2.05, 4.69) is 37.2 Å². The highest BCUT2D eigenvalue weighted by molar-refractivity contribution is 9.10. The molecule has 0 fully saturated rings. The van der Waals surface area contributed by atoms with Crippen molar-refractivity contribution in [3.05, 3.63) is 68.4 Å². The van der Waals surface area contributed by atoms with Gasteiger partial charge in [-0.15, -0.1) is 0 Å². The molecule has 2 nitrogen and oxygen atoms in total. The van der Waals surface area contributed by atoms with Gasteiger partial charge in [-0.05, 0) is 45.8 Å². The van der Waals surface area contributed by atoms with Crippen molar-refractivity contribution in [2.45, 2.75) is 6.54 Å². The fourth-order valence-electron chi connectivity index (χ4n) is 1.56. The topological polar surface area (TPSA) is 29.1 Å². The molecule has 0 atom stereocenters. The third kappa shape index (κ3) is 3.64. The van der Waals surface area contributed by atoms with Crippen LogP contribution in [0, 0.1) is 5.82 Å². The third-order valence-corrected chi connectivity index (χ3v) is 3.90. The van der Waals surface area contributed by atoms with Gasteiger partial charge in [0.2, 0.25) is 0 Å². The molecule has 2 aromatic rings. The zero-order valence-corrected chi connectivity index (χ0v) is 13.0. The number of hydrogen-bond acceptors (Lipinski definition) is 1. The molecule has 1 amide bonds. The first-order valence-electron chi connectivity index (χ1n) is 5.54.